The quantitative estimate of drug-likeness (QED) is 0.590. The summed E-state index contributed by atoms with van der Waals surface area (Å²) in [4.78, 5) is 16.3. The Morgan fingerprint density at radius 2 is 2.25 bits per heavy atom. The fourth-order valence-electron chi connectivity index (χ4n) is 2.23. The molecule has 1 atom stereocenters. The second-order valence-electron chi connectivity index (χ2n) is 5.32. The van der Waals surface area contributed by atoms with Crippen molar-refractivity contribution in [1.29, 1.82) is 0 Å². The molecule has 0 aliphatic carbocycles. The Kier molecular flexibility index (Phi) is 6.51. The number of nitrogens with one attached hydrogen (secondary N) is 2. The fraction of sp³-hybridized carbons (Fsp3) is 0.467. The number of ether oxygens (including phenoxy) is 1. The van der Waals surface area contributed by atoms with E-state index in [1.54, 1.807) is 32.5 Å². The summed E-state index contributed by atoms with van der Waals surface area (Å²) in [5.74, 6) is 0.687. The Balaban J connectivity index is 1.95. The maximum Gasteiger partial charge on any atom is 0.319 e. The Bertz CT molecular complexity index is 690. The molecule has 2 rings (SSSR count). The smallest absolute Gasteiger partial charge is 0.319 e. The van der Waals surface area contributed by atoms with Crippen LogP contribution in [0, 0.1) is 6.92 Å². The summed E-state index contributed by atoms with van der Waals surface area (Å²) in [5.41, 5.74) is 1.25. The van der Waals surface area contributed by atoms with E-state index in [1.165, 1.54) is 0 Å². The molecule has 2 aromatic rings. The van der Waals surface area contributed by atoms with E-state index >= 15 is 0 Å². The maximum atomic E-state index is 12.2. The second kappa shape index (κ2) is 8.60. The Morgan fingerprint density at radius 3 is 2.96 bits per heavy atom. The number of anilines is 1. The molecular weight excluding hydrogens is 332 g/mol. The molecule has 0 bridgehead atoms. The predicted octanol–water partition coefficient (Wildman–Crippen LogP) is 2.55. The maximum absolute atomic E-state index is 12.2. The number of carbonyl (C=O) groups excluding carboxylic acids is 1. The van der Waals surface area contributed by atoms with Gasteiger partial charge in [-0.2, -0.15) is 0 Å². The van der Waals surface area contributed by atoms with Gasteiger partial charge in [0.05, 0.1) is 17.4 Å². The molecule has 2 aromatic heterocycles. The van der Waals surface area contributed by atoms with Crippen molar-refractivity contribution in [2.45, 2.75) is 32.9 Å². The van der Waals surface area contributed by atoms with E-state index in [0.29, 0.717) is 29.0 Å². The first-order valence-corrected chi connectivity index (χ1v) is 7.96. The molecule has 0 fully saturated rings. The minimum atomic E-state index is -0.346. The van der Waals surface area contributed by atoms with Crippen LogP contribution in [0.5, 0.6) is 0 Å². The van der Waals surface area contributed by atoms with Gasteiger partial charge in [-0.15, -0.1) is 10.2 Å². The van der Waals surface area contributed by atoms with E-state index in [9.17, 15) is 4.79 Å². The second-order valence-corrected chi connectivity index (χ2v) is 5.70. The molecule has 0 saturated heterocycles. The minimum Gasteiger partial charge on any atom is -0.385 e. The lowest BCUT2D eigenvalue weighted by molar-refractivity contribution is 0.189. The molecule has 1 unspecified atom stereocenters. The molecule has 0 aliphatic heterocycles. The Labute approximate surface area is 145 Å². The number of hydrogen-bond acceptors (Lipinski definition) is 5. The van der Waals surface area contributed by atoms with Crippen LogP contribution in [0.2, 0.25) is 5.15 Å². The molecule has 0 saturated carbocycles. The largest absolute Gasteiger partial charge is 0.385 e. The van der Waals surface area contributed by atoms with Crippen LogP contribution in [0.3, 0.4) is 0 Å². The van der Waals surface area contributed by atoms with Gasteiger partial charge in [0, 0.05) is 20.3 Å². The summed E-state index contributed by atoms with van der Waals surface area (Å²) in [6, 6.07) is 2.69. The number of aromatic nitrogens is 4. The number of hydrogen-bond donors (Lipinski definition) is 2. The molecule has 0 radical (unpaired) electrons. The van der Waals surface area contributed by atoms with Crippen LogP contribution in [-0.4, -0.2) is 39.5 Å². The number of aryl methyl sites for hydroxylation is 2. The zero-order chi connectivity index (χ0) is 17.5. The van der Waals surface area contributed by atoms with Crippen molar-refractivity contribution in [1.82, 2.24) is 25.1 Å². The van der Waals surface area contributed by atoms with Gasteiger partial charge in [-0.3, -0.25) is 0 Å². The molecule has 9 heteroatoms. The van der Waals surface area contributed by atoms with Crippen molar-refractivity contribution >= 4 is 23.3 Å². The molecule has 0 aromatic carbocycles. The van der Waals surface area contributed by atoms with Crippen molar-refractivity contribution < 1.29 is 9.53 Å². The number of carbonyl (C=O) groups is 1. The van der Waals surface area contributed by atoms with Crippen LogP contribution in [0.25, 0.3) is 0 Å². The lowest BCUT2D eigenvalue weighted by Crippen LogP contribution is -2.33. The van der Waals surface area contributed by atoms with Crippen molar-refractivity contribution in [2.24, 2.45) is 0 Å². The van der Waals surface area contributed by atoms with E-state index in [-0.39, 0.29) is 12.1 Å². The predicted molar refractivity (Wildman–Crippen MR) is 91.1 cm³/mol. The van der Waals surface area contributed by atoms with Gasteiger partial charge >= 0.3 is 6.03 Å². The Morgan fingerprint density at radius 1 is 1.46 bits per heavy atom. The number of rotatable bonds is 7. The number of amides is 2. The summed E-state index contributed by atoms with van der Waals surface area (Å²) >= 11 is 5.81. The highest BCUT2D eigenvalue weighted by Crippen LogP contribution is 2.16. The standard InChI is InChI=1S/C15H21ClN6O2/c1-10-12(5-6-13(16)18-10)20-15(23)19-11(2)14-21-17-9-22(14)7-4-8-24-3/h5-6,9,11H,4,7-8H2,1-3H3,(H2,19,20,23). The van der Waals surface area contributed by atoms with Crippen LogP contribution in [0.1, 0.15) is 30.9 Å². The van der Waals surface area contributed by atoms with Gasteiger partial charge in [0.1, 0.15) is 11.5 Å². The molecule has 2 heterocycles. The van der Waals surface area contributed by atoms with Gasteiger partial charge in [-0.05, 0) is 32.4 Å². The zero-order valence-electron chi connectivity index (χ0n) is 13.9. The number of halogens is 1. The highest BCUT2D eigenvalue weighted by molar-refractivity contribution is 6.29. The first-order valence-electron chi connectivity index (χ1n) is 7.58. The van der Waals surface area contributed by atoms with Gasteiger partial charge in [0.15, 0.2) is 5.82 Å². The summed E-state index contributed by atoms with van der Waals surface area (Å²) < 4.78 is 6.94. The summed E-state index contributed by atoms with van der Waals surface area (Å²) in [6.07, 6.45) is 2.49. The summed E-state index contributed by atoms with van der Waals surface area (Å²) in [6.45, 7) is 5.01. The van der Waals surface area contributed by atoms with Crippen molar-refractivity contribution in [3.63, 3.8) is 0 Å². The monoisotopic (exact) mass is 352 g/mol. The van der Waals surface area contributed by atoms with Gasteiger partial charge in [-0.1, -0.05) is 11.6 Å². The van der Waals surface area contributed by atoms with Crippen LogP contribution in [0.15, 0.2) is 18.5 Å². The SMILES string of the molecule is COCCCn1cnnc1C(C)NC(=O)Nc1ccc(Cl)nc1C. The van der Waals surface area contributed by atoms with Crippen LogP contribution in [-0.2, 0) is 11.3 Å². The molecular formula is C15H21ClN6O2. The third kappa shape index (κ3) is 4.90. The Hall–Kier alpha value is -2.19. The normalized spacial score (nSPS) is 12.0. The van der Waals surface area contributed by atoms with E-state index in [1.807, 2.05) is 11.5 Å². The van der Waals surface area contributed by atoms with Crippen LogP contribution in [0.4, 0.5) is 10.5 Å². The van der Waals surface area contributed by atoms with E-state index in [4.69, 9.17) is 16.3 Å². The molecule has 2 N–H and O–H groups in total. The van der Waals surface area contributed by atoms with Gasteiger partial charge in [0.2, 0.25) is 0 Å². The number of pyridine rings is 1. The van der Waals surface area contributed by atoms with Gasteiger partial charge < -0.3 is 19.9 Å². The molecule has 2 amide bonds. The van der Waals surface area contributed by atoms with E-state index in [2.05, 4.69) is 25.8 Å². The van der Waals surface area contributed by atoms with Gasteiger partial charge in [-0.25, -0.2) is 9.78 Å². The molecule has 24 heavy (non-hydrogen) atoms. The van der Waals surface area contributed by atoms with E-state index < -0.39 is 0 Å². The number of methoxy groups -OCH3 is 1. The van der Waals surface area contributed by atoms with Gasteiger partial charge in [0.25, 0.3) is 0 Å². The molecule has 0 aliphatic rings. The first-order chi connectivity index (χ1) is 11.5. The zero-order valence-corrected chi connectivity index (χ0v) is 14.7. The minimum absolute atomic E-state index is 0.296. The first kappa shape index (κ1) is 18.2. The summed E-state index contributed by atoms with van der Waals surface area (Å²) in [7, 11) is 1.66. The highest BCUT2D eigenvalue weighted by Gasteiger charge is 2.16. The number of nitrogens with zero attached hydrogens (tertiary/aromatic N) is 4. The topological polar surface area (TPSA) is 94.0 Å². The van der Waals surface area contributed by atoms with Crippen LogP contribution >= 0.6 is 11.6 Å². The molecule has 0 spiro atoms. The van der Waals surface area contributed by atoms with Crippen molar-refractivity contribution in [3.8, 4) is 0 Å². The average molecular weight is 353 g/mol. The fourth-order valence-corrected chi connectivity index (χ4v) is 2.42. The van der Waals surface area contributed by atoms with Crippen molar-refractivity contribution in [2.75, 3.05) is 19.0 Å². The molecule has 130 valence electrons. The average Bonchev–Trinajstić information content (AvgIpc) is 2.99. The van der Waals surface area contributed by atoms with E-state index in [0.717, 1.165) is 13.0 Å². The van der Waals surface area contributed by atoms with Crippen molar-refractivity contribution in [3.05, 3.63) is 35.1 Å². The lowest BCUT2D eigenvalue weighted by Gasteiger charge is -2.16. The van der Waals surface area contributed by atoms with Crippen LogP contribution < -0.4 is 10.6 Å². The molecule has 8 nitrogen and oxygen atoms in total. The number of urea groups is 1. The highest BCUT2D eigenvalue weighted by atomic mass is 35.5. The third-order valence-corrected chi connectivity index (χ3v) is 3.64. The summed E-state index contributed by atoms with van der Waals surface area (Å²) in [5, 5.41) is 14.0. The lowest BCUT2D eigenvalue weighted by atomic mass is 10.3. The third-order valence-electron chi connectivity index (χ3n) is 3.43.